The Bertz CT molecular complexity index is 1130. The Morgan fingerprint density at radius 1 is 1.16 bits per heavy atom. The van der Waals surface area contributed by atoms with Crippen molar-refractivity contribution >= 4 is 17.6 Å². The van der Waals surface area contributed by atoms with Gasteiger partial charge in [0.15, 0.2) is 5.65 Å². The number of fused-ring (bicyclic) bond motifs is 3. The summed E-state index contributed by atoms with van der Waals surface area (Å²) in [6.07, 6.45) is 6.17. The molecular weight excluding hydrogens is 396 g/mol. The standard InChI is InChI=1S/C22H26N6O3/c1-22(2,3)31-21(29)28-14-10-15(28)13-26(12-14)18-7-9-27-19(25-18)17(11-24-27)16-6-5-8-23-20(16)30-4/h5-9,11,14-15H,10,12-13H2,1-4H3. The summed E-state index contributed by atoms with van der Waals surface area (Å²) in [6.45, 7) is 7.15. The van der Waals surface area contributed by atoms with Crippen LogP contribution in [0, 0.1) is 0 Å². The highest BCUT2D eigenvalue weighted by Crippen LogP contribution is 2.36. The van der Waals surface area contributed by atoms with E-state index in [0.717, 1.165) is 42.1 Å². The van der Waals surface area contributed by atoms with Gasteiger partial charge in [-0.3, -0.25) is 4.90 Å². The van der Waals surface area contributed by atoms with Crippen molar-refractivity contribution in [3.05, 3.63) is 36.8 Å². The number of carbonyl (C=O) groups excluding carboxylic acids is 1. The zero-order valence-electron chi connectivity index (χ0n) is 18.1. The second-order valence-electron chi connectivity index (χ2n) is 9.01. The lowest BCUT2D eigenvalue weighted by atomic mass is 9.88. The van der Waals surface area contributed by atoms with Gasteiger partial charge in [-0.05, 0) is 45.4 Å². The van der Waals surface area contributed by atoms with E-state index in [9.17, 15) is 4.79 Å². The molecule has 9 nitrogen and oxygen atoms in total. The molecule has 0 saturated carbocycles. The van der Waals surface area contributed by atoms with Gasteiger partial charge in [0, 0.05) is 31.0 Å². The van der Waals surface area contributed by atoms with Crippen LogP contribution in [0.15, 0.2) is 36.8 Å². The minimum absolute atomic E-state index is 0.148. The van der Waals surface area contributed by atoms with Gasteiger partial charge in [-0.15, -0.1) is 0 Å². The molecule has 9 heteroatoms. The van der Waals surface area contributed by atoms with Crippen LogP contribution in [-0.2, 0) is 4.74 Å². The highest BCUT2D eigenvalue weighted by Gasteiger charge is 2.49. The fourth-order valence-corrected chi connectivity index (χ4v) is 4.39. The fourth-order valence-electron chi connectivity index (χ4n) is 4.39. The summed E-state index contributed by atoms with van der Waals surface area (Å²) in [7, 11) is 1.60. The van der Waals surface area contributed by atoms with Crippen LogP contribution in [0.25, 0.3) is 16.8 Å². The van der Waals surface area contributed by atoms with Gasteiger partial charge in [0.25, 0.3) is 0 Å². The molecule has 3 aromatic heterocycles. The van der Waals surface area contributed by atoms with Crippen LogP contribution >= 0.6 is 0 Å². The molecule has 0 aliphatic carbocycles. The second-order valence-corrected chi connectivity index (χ2v) is 9.01. The maximum atomic E-state index is 12.5. The Morgan fingerprint density at radius 2 is 1.94 bits per heavy atom. The quantitative estimate of drug-likeness (QED) is 0.641. The first-order chi connectivity index (χ1) is 14.8. The van der Waals surface area contributed by atoms with Crippen molar-refractivity contribution in [2.75, 3.05) is 25.1 Å². The molecule has 3 aromatic rings. The first-order valence-electron chi connectivity index (χ1n) is 10.4. The lowest BCUT2D eigenvalue weighted by Gasteiger charge is -2.56. The zero-order chi connectivity index (χ0) is 21.8. The maximum Gasteiger partial charge on any atom is 0.410 e. The first kappa shape index (κ1) is 19.6. The lowest BCUT2D eigenvalue weighted by molar-refractivity contribution is -0.0380. The van der Waals surface area contributed by atoms with E-state index in [2.05, 4.69) is 15.0 Å². The van der Waals surface area contributed by atoms with E-state index in [1.54, 1.807) is 24.0 Å². The largest absolute Gasteiger partial charge is 0.481 e. The van der Waals surface area contributed by atoms with Crippen molar-refractivity contribution in [1.29, 1.82) is 0 Å². The van der Waals surface area contributed by atoms with Crippen molar-refractivity contribution in [3.63, 3.8) is 0 Å². The number of carbonyl (C=O) groups is 1. The average Bonchev–Trinajstić information content (AvgIpc) is 3.15. The van der Waals surface area contributed by atoms with Crippen molar-refractivity contribution in [1.82, 2.24) is 24.5 Å². The van der Waals surface area contributed by atoms with Crippen LogP contribution in [0.1, 0.15) is 27.2 Å². The van der Waals surface area contributed by atoms with Gasteiger partial charge in [0.1, 0.15) is 11.4 Å². The average molecular weight is 422 g/mol. The van der Waals surface area contributed by atoms with Crippen LogP contribution in [0.2, 0.25) is 0 Å². The molecule has 2 atom stereocenters. The number of nitrogens with zero attached hydrogens (tertiary/aromatic N) is 6. The van der Waals surface area contributed by atoms with E-state index in [-0.39, 0.29) is 18.2 Å². The van der Waals surface area contributed by atoms with Gasteiger partial charge in [-0.25, -0.2) is 19.3 Å². The van der Waals surface area contributed by atoms with Crippen LogP contribution in [0.4, 0.5) is 10.6 Å². The third-order valence-electron chi connectivity index (χ3n) is 5.73. The van der Waals surface area contributed by atoms with E-state index in [0.29, 0.717) is 5.88 Å². The molecule has 0 radical (unpaired) electrons. The summed E-state index contributed by atoms with van der Waals surface area (Å²) < 4.78 is 12.7. The van der Waals surface area contributed by atoms with Crippen LogP contribution in [0.5, 0.6) is 5.88 Å². The van der Waals surface area contributed by atoms with Crippen molar-refractivity contribution in [2.45, 2.75) is 44.9 Å². The summed E-state index contributed by atoms with van der Waals surface area (Å²) in [5.41, 5.74) is 1.97. The van der Waals surface area contributed by atoms with E-state index in [1.807, 2.05) is 50.1 Å². The third kappa shape index (κ3) is 3.43. The Morgan fingerprint density at radius 3 is 2.65 bits per heavy atom. The minimum atomic E-state index is -0.487. The fraction of sp³-hybridized carbons (Fsp3) is 0.455. The summed E-state index contributed by atoms with van der Waals surface area (Å²) in [4.78, 5) is 25.8. The number of piperidine rings is 1. The monoisotopic (exact) mass is 422 g/mol. The van der Waals surface area contributed by atoms with Crippen LogP contribution < -0.4 is 9.64 Å². The Labute approximate surface area is 180 Å². The Hall–Kier alpha value is -3.36. The number of hydrogen-bond donors (Lipinski definition) is 0. The number of amides is 1. The predicted octanol–water partition coefficient (Wildman–Crippen LogP) is 3.00. The van der Waals surface area contributed by atoms with Gasteiger partial charge in [-0.2, -0.15) is 5.10 Å². The summed E-state index contributed by atoms with van der Waals surface area (Å²) in [5, 5.41) is 4.43. The molecule has 31 heavy (non-hydrogen) atoms. The SMILES string of the molecule is COc1ncccc1-c1cnn2ccc(N3CC4CC(C3)N4C(=O)OC(C)(C)C)nc12. The molecule has 3 aliphatic rings. The van der Waals surface area contributed by atoms with Crippen molar-refractivity contribution in [3.8, 4) is 17.0 Å². The van der Waals surface area contributed by atoms with E-state index in [1.165, 1.54) is 0 Å². The molecular formula is C22H26N6O3. The molecule has 0 N–H and O–H groups in total. The molecule has 0 spiro atoms. The van der Waals surface area contributed by atoms with Crippen molar-refractivity contribution < 1.29 is 14.3 Å². The first-order valence-corrected chi connectivity index (χ1v) is 10.4. The summed E-state index contributed by atoms with van der Waals surface area (Å²) in [5.74, 6) is 1.41. The van der Waals surface area contributed by atoms with Crippen molar-refractivity contribution in [2.24, 2.45) is 0 Å². The van der Waals surface area contributed by atoms with Gasteiger partial charge < -0.3 is 14.4 Å². The molecule has 6 heterocycles. The molecule has 6 rings (SSSR count). The maximum absolute atomic E-state index is 12.5. The van der Waals surface area contributed by atoms with Crippen LogP contribution in [-0.4, -0.2) is 68.5 Å². The molecule has 1 amide bonds. The summed E-state index contributed by atoms with van der Waals surface area (Å²) in [6, 6.07) is 6.08. The van der Waals surface area contributed by atoms with Gasteiger partial charge in [-0.1, -0.05) is 0 Å². The lowest BCUT2D eigenvalue weighted by Crippen LogP contribution is -2.70. The molecule has 2 bridgehead atoms. The zero-order valence-corrected chi connectivity index (χ0v) is 18.1. The molecule has 3 fully saturated rings. The van der Waals surface area contributed by atoms with E-state index >= 15 is 0 Å². The van der Waals surface area contributed by atoms with E-state index in [4.69, 9.17) is 14.5 Å². The summed E-state index contributed by atoms with van der Waals surface area (Å²) >= 11 is 0. The minimum Gasteiger partial charge on any atom is -0.481 e. The number of ether oxygens (including phenoxy) is 2. The third-order valence-corrected chi connectivity index (χ3v) is 5.73. The number of hydrogen-bond acceptors (Lipinski definition) is 7. The molecule has 3 aliphatic heterocycles. The number of pyridine rings is 1. The smallest absolute Gasteiger partial charge is 0.410 e. The van der Waals surface area contributed by atoms with Gasteiger partial charge >= 0.3 is 6.09 Å². The number of aromatic nitrogens is 4. The predicted molar refractivity (Wildman–Crippen MR) is 115 cm³/mol. The second kappa shape index (κ2) is 7.11. The number of piperazine rings is 1. The van der Waals surface area contributed by atoms with Gasteiger partial charge in [0.05, 0.1) is 31.0 Å². The molecule has 0 aromatic carbocycles. The highest BCUT2D eigenvalue weighted by molar-refractivity contribution is 5.80. The molecule has 3 saturated heterocycles. The Balaban J connectivity index is 1.40. The normalized spacial score (nSPS) is 20.5. The molecule has 2 unspecified atom stereocenters. The van der Waals surface area contributed by atoms with Gasteiger partial charge in [0.2, 0.25) is 5.88 Å². The molecule has 162 valence electrons. The number of anilines is 1. The number of methoxy groups -OCH3 is 1. The highest BCUT2D eigenvalue weighted by atomic mass is 16.6. The number of rotatable bonds is 3. The van der Waals surface area contributed by atoms with E-state index < -0.39 is 5.60 Å². The topological polar surface area (TPSA) is 85.1 Å². The Kier molecular flexibility index (Phi) is 4.49. The van der Waals surface area contributed by atoms with Crippen LogP contribution in [0.3, 0.4) is 0 Å².